The van der Waals surface area contributed by atoms with Gasteiger partial charge < -0.3 is 16.0 Å². The van der Waals surface area contributed by atoms with Crippen molar-refractivity contribution < 1.29 is 9.59 Å². The van der Waals surface area contributed by atoms with Crippen LogP contribution in [0, 0.1) is 5.92 Å². The fraction of sp³-hybridized carbons (Fsp3) is 0.600. The first-order valence-corrected chi connectivity index (χ1v) is 9.47. The van der Waals surface area contributed by atoms with Crippen molar-refractivity contribution in [3.63, 3.8) is 0 Å². The van der Waals surface area contributed by atoms with Gasteiger partial charge in [0.15, 0.2) is 0 Å². The molecule has 1 fully saturated rings. The maximum absolute atomic E-state index is 12.5. The molecule has 1 aromatic carbocycles. The van der Waals surface area contributed by atoms with Crippen LogP contribution in [0.4, 0.5) is 0 Å². The summed E-state index contributed by atoms with van der Waals surface area (Å²) in [4.78, 5) is 26.5. The van der Waals surface area contributed by atoms with Crippen molar-refractivity contribution in [1.82, 2.24) is 10.2 Å². The maximum atomic E-state index is 12.5. The molecule has 0 spiro atoms. The molecule has 0 aromatic heterocycles. The van der Waals surface area contributed by atoms with Crippen molar-refractivity contribution >= 4 is 11.8 Å². The van der Waals surface area contributed by atoms with Gasteiger partial charge in [0, 0.05) is 25.6 Å². The number of benzene rings is 1. The molecular weight excluding hydrogens is 314 g/mol. The number of carbonyl (C=O) groups excluding carboxylic acids is 2. The number of likely N-dealkylation sites (tertiary alicyclic amines) is 1. The van der Waals surface area contributed by atoms with Crippen LogP contribution < -0.4 is 11.1 Å². The Bertz CT molecular complexity index is 539. The summed E-state index contributed by atoms with van der Waals surface area (Å²) in [5, 5.41) is 3.02. The number of piperidine rings is 1. The van der Waals surface area contributed by atoms with Crippen molar-refractivity contribution in [3.05, 3.63) is 35.9 Å². The Morgan fingerprint density at radius 1 is 1.20 bits per heavy atom. The van der Waals surface area contributed by atoms with E-state index in [-0.39, 0.29) is 17.7 Å². The highest BCUT2D eigenvalue weighted by Gasteiger charge is 2.29. The monoisotopic (exact) mass is 345 g/mol. The Morgan fingerprint density at radius 2 is 1.88 bits per heavy atom. The minimum atomic E-state index is -0.512. The Kier molecular flexibility index (Phi) is 7.92. The molecule has 0 bridgehead atoms. The van der Waals surface area contributed by atoms with E-state index >= 15 is 0 Å². The number of hydrogen-bond acceptors (Lipinski definition) is 3. The molecule has 1 saturated heterocycles. The van der Waals surface area contributed by atoms with Crippen LogP contribution in [0.2, 0.25) is 0 Å². The molecule has 25 heavy (non-hydrogen) atoms. The van der Waals surface area contributed by atoms with E-state index in [2.05, 4.69) is 12.2 Å². The van der Waals surface area contributed by atoms with Gasteiger partial charge in [-0.2, -0.15) is 0 Å². The molecule has 0 radical (unpaired) electrons. The molecule has 2 rings (SSSR count). The molecule has 1 heterocycles. The lowest BCUT2D eigenvalue weighted by molar-refractivity contribution is -0.136. The average molecular weight is 345 g/mol. The predicted octanol–water partition coefficient (Wildman–Crippen LogP) is 2.10. The van der Waals surface area contributed by atoms with Gasteiger partial charge in [0.1, 0.15) is 0 Å². The topological polar surface area (TPSA) is 75.4 Å². The first kappa shape index (κ1) is 19.4. The van der Waals surface area contributed by atoms with E-state index in [9.17, 15) is 9.59 Å². The van der Waals surface area contributed by atoms with Crippen molar-refractivity contribution in [2.45, 2.75) is 51.5 Å². The fourth-order valence-corrected chi connectivity index (χ4v) is 3.28. The zero-order valence-corrected chi connectivity index (χ0v) is 15.2. The summed E-state index contributed by atoms with van der Waals surface area (Å²) in [7, 11) is 0. The third-order valence-electron chi connectivity index (χ3n) is 4.87. The third-order valence-corrected chi connectivity index (χ3v) is 4.87. The molecule has 1 aromatic rings. The lowest BCUT2D eigenvalue weighted by Crippen LogP contribution is -2.49. The molecule has 5 nitrogen and oxygen atoms in total. The summed E-state index contributed by atoms with van der Waals surface area (Å²) in [6.45, 7) is 4.15. The maximum Gasteiger partial charge on any atom is 0.239 e. The number of nitrogens with one attached hydrogen (secondary N) is 1. The highest BCUT2D eigenvalue weighted by Crippen LogP contribution is 2.18. The van der Waals surface area contributed by atoms with Crippen LogP contribution in [-0.4, -0.2) is 42.4 Å². The van der Waals surface area contributed by atoms with Crippen molar-refractivity contribution in [3.8, 4) is 0 Å². The molecule has 0 saturated carbocycles. The highest BCUT2D eigenvalue weighted by atomic mass is 16.2. The first-order chi connectivity index (χ1) is 12.1. The molecule has 138 valence electrons. The second-order valence-electron chi connectivity index (χ2n) is 6.89. The van der Waals surface area contributed by atoms with E-state index in [1.807, 2.05) is 35.2 Å². The molecule has 0 unspecified atom stereocenters. The van der Waals surface area contributed by atoms with Crippen LogP contribution in [-0.2, 0) is 16.0 Å². The predicted molar refractivity (Wildman–Crippen MR) is 100.0 cm³/mol. The van der Waals surface area contributed by atoms with Gasteiger partial charge in [0.2, 0.25) is 11.8 Å². The Morgan fingerprint density at radius 3 is 2.52 bits per heavy atom. The number of nitrogens with two attached hydrogens (primary N) is 1. The SMILES string of the molecule is CCCCCNC(=O)C1CCN(C(=O)[C@@H](N)Cc2ccccc2)CC1. The van der Waals surface area contributed by atoms with Gasteiger partial charge in [0.05, 0.1) is 6.04 Å². The molecule has 5 heteroatoms. The van der Waals surface area contributed by atoms with Crippen LogP contribution in [0.15, 0.2) is 30.3 Å². The molecule has 3 N–H and O–H groups in total. The van der Waals surface area contributed by atoms with Crippen molar-refractivity contribution in [2.75, 3.05) is 19.6 Å². The molecule has 2 amide bonds. The summed E-state index contributed by atoms with van der Waals surface area (Å²) < 4.78 is 0. The van der Waals surface area contributed by atoms with Gasteiger partial charge in [-0.1, -0.05) is 50.1 Å². The minimum absolute atomic E-state index is 0.00865. The third kappa shape index (κ3) is 6.16. The number of amides is 2. The Balaban J connectivity index is 1.73. The van der Waals surface area contributed by atoms with E-state index in [1.54, 1.807) is 0 Å². The zero-order chi connectivity index (χ0) is 18.1. The number of hydrogen-bond donors (Lipinski definition) is 2. The summed E-state index contributed by atoms with van der Waals surface area (Å²) in [5.41, 5.74) is 7.17. The number of rotatable bonds is 8. The standard InChI is InChI=1S/C20H31N3O2/c1-2-3-7-12-22-19(24)17-10-13-23(14-11-17)20(25)18(21)15-16-8-5-4-6-9-16/h4-6,8-9,17-18H,2-3,7,10-15,21H2,1H3,(H,22,24)/t18-/m0/s1. The summed E-state index contributed by atoms with van der Waals surface area (Å²) in [6.07, 6.45) is 5.34. The quantitative estimate of drug-likeness (QED) is 0.709. The van der Waals surface area contributed by atoms with Crippen LogP contribution in [0.5, 0.6) is 0 Å². The molecule has 0 aliphatic carbocycles. The largest absolute Gasteiger partial charge is 0.356 e. The number of carbonyl (C=O) groups is 2. The van der Waals surface area contributed by atoms with Gasteiger partial charge in [-0.05, 0) is 31.2 Å². The number of unbranched alkanes of at least 4 members (excludes halogenated alkanes) is 2. The summed E-state index contributed by atoms with van der Waals surface area (Å²) in [5.74, 6) is 0.151. The van der Waals surface area contributed by atoms with Gasteiger partial charge in [0.25, 0.3) is 0 Å². The zero-order valence-electron chi connectivity index (χ0n) is 15.2. The van der Waals surface area contributed by atoms with E-state index in [1.165, 1.54) is 0 Å². The van der Waals surface area contributed by atoms with Gasteiger partial charge in [-0.3, -0.25) is 9.59 Å². The van der Waals surface area contributed by atoms with Gasteiger partial charge in [-0.25, -0.2) is 0 Å². The molecular formula is C20H31N3O2. The summed E-state index contributed by atoms with van der Waals surface area (Å²) in [6, 6.07) is 9.33. The number of nitrogens with zero attached hydrogens (tertiary/aromatic N) is 1. The first-order valence-electron chi connectivity index (χ1n) is 9.47. The molecule has 1 aliphatic heterocycles. The van der Waals surface area contributed by atoms with Gasteiger partial charge in [-0.15, -0.1) is 0 Å². The second kappa shape index (κ2) is 10.2. The Labute approximate surface area is 151 Å². The lowest BCUT2D eigenvalue weighted by Gasteiger charge is -2.33. The van der Waals surface area contributed by atoms with Crippen LogP contribution in [0.3, 0.4) is 0 Å². The van der Waals surface area contributed by atoms with E-state index < -0.39 is 6.04 Å². The minimum Gasteiger partial charge on any atom is -0.356 e. The van der Waals surface area contributed by atoms with Crippen LogP contribution in [0.25, 0.3) is 0 Å². The normalized spacial score (nSPS) is 16.5. The van der Waals surface area contributed by atoms with Crippen LogP contribution >= 0.6 is 0 Å². The second-order valence-corrected chi connectivity index (χ2v) is 6.89. The van der Waals surface area contributed by atoms with Gasteiger partial charge >= 0.3 is 0 Å². The molecule has 1 atom stereocenters. The van der Waals surface area contributed by atoms with Crippen LogP contribution in [0.1, 0.15) is 44.6 Å². The summed E-state index contributed by atoms with van der Waals surface area (Å²) >= 11 is 0. The molecule has 1 aliphatic rings. The fourth-order valence-electron chi connectivity index (χ4n) is 3.28. The van der Waals surface area contributed by atoms with Crippen molar-refractivity contribution in [1.29, 1.82) is 0 Å². The van der Waals surface area contributed by atoms with Crippen molar-refractivity contribution in [2.24, 2.45) is 11.7 Å². The average Bonchev–Trinajstić information content (AvgIpc) is 2.65. The van der Waals surface area contributed by atoms with E-state index in [0.717, 1.165) is 44.2 Å². The Hall–Kier alpha value is -1.88. The lowest BCUT2D eigenvalue weighted by atomic mass is 9.95. The smallest absolute Gasteiger partial charge is 0.239 e. The van der Waals surface area contributed by atoms with E-state index in [4.69, 9.17) is 5.73 Å². The highest BCUT2D eigenvalue weighted by molar-refractivity contribution is 5.83. The van der Waals surface area contributed by atoms with E-state index in [0.29, 0.717) is 19.5 Å².